The van der Waals surface area contributed by atoms with Crippen molar-refractivity contribution >= 4 is 27.9 Å². The lowest BCUT2D eigenvalue weighted by atomic mass is 9.98. The van der Waals surface area contributed by atoms with Crippen LogP contribution in [0.4, 0.5) is 0 Å². The highest BCUT2D eigenvalue weighted by Crippen LogP contribution is 2.51. The highest BCUT2D eigenvalue weighted by Gasteiger charge is 2.51. The number of carbonyl (C=O) groups excluding carboxylic acids is 2. The molecule has 0 spiro atoms. The molecule has 0 aliphatic carbocycles. The summed E-state index contributed by atoms with van der Waals surface area (Å²) >= 11 is 0. The maximum atomic E-state index is 13.8. The summed E-state index contributed by atoms with van der Waals surface area (Å²) in [4.78, 5) is 51.1. The molecule has 4 atom stereocenters. The maximum absolute atomic E-state index is 13.8. The highest BCUT2D eigenvalue weighted by molar-refractivity contribution is 7.57. The smallest absolute Gasteiger partial charge is 0.359 e. The molecule has 14 nitrogen and oxygen atoms in total. The van der Waals surface area contributed by atoms with Gasteiger partial charge in [0.05, 0.1) is 10.8 Å². The van der Waals surface area contributed by atoms with Gasteiger partial charge in [-0.3, -0.25) is 37.5 Å². The van der Waals surface area contributed by atoms with Gasteiger partial charge in [-0.25, -0.2) is 4.79 Å². The van der Waals surface area contributed by atoms with E-state index in [0.717, 1.165) is 5.82 Å². The van der Waals surface area contributed by atoms with Crippen LogP contribution in [0.2, 0.25) is 18.1 Å². The number of aromatic amines is 1. The van der Waals surface area contributed by atoms with E-state index in [1.165, 1.54) is 30.0 Å². The summed E-state index contributed by atoms with van der Waals surface area (Å²) in [6.07, 6.45) is -0.954. The third-order valence-electron chi connectivity index (χ3n) is 7.39. The van der Waals surface area contributed by atoms with Crippen LogP contribution >= 0.6 is 7.60 Å². The monoisotopic (exact) mass is 676 g/mol. The minimum absolute atomic E-state index is 0.220. The van der Waals surface area contributed by atoms with Crippen molar-refractivity contribution in [3.63, 3.8) is 0 Å². The van der Waals surface area contributed by atoms with Crippen molar-refractivity contribution in [1.29, 1.82) is 0 Å². The van der Waals surface area contributed by atoms with Gasteiger partial charge in [0.2, 0.25) is 13.6 Å². The SMILES string of the molecule is COC1[C@@H](O[Si](C)(C)C(C)(C)C)[C@@H](/C=C/P(=O)(OCOC(=O)C(C)(C)C)OCOC(=O)C(C)(C)C)O[C@H]1n1ccc(=O)[nH]c1=O. The average Bonchev–Trinajstić information content (AvgIpc) is 3.21. The summed E-state index contributed by atoms with van der Waals surface area (Å²) in [6.45, 7) is 18.7. The lowest BCUT2D eigenvalue weighted by Gasteiger charge is -2.40. The van der Waals surface area contributed by atoms with Gasteiger partial charge in [0.15, 0.2) is 14.5 Å². The number of rotatable bonds is 12. The quantitative estimate of drug-likeness (QED) is 0.141. The number of ether oxygens (including phenoxy) is 4. The Bertz CT molecular complexity index is 1350. The van der Waals surface area contributed by atoms with Crippen molar-refractivity contribution < 1.29 is 46.6 Å². The minimum Gasteiger partial charge on any atom is -0.438 e. The van der Waals surface area contributed by atoms with Crippen LogP contribution in [-0.2, 0) is 46.6 Å². The Morgan fingerprint density at radius 2 is 1.47 bits per heavy atom. The van der Waals surface area contributed by atoms with E-state index in [1.807, 2.05) is 13.1 Å². The van der Waals surface area contributed by atoms with Gasteiger partial charge < -0.3 is 23.4 Å². The van der Waals surface area contributed by atoms with Crippen LogP contribution in [0.25, 0.3) is 0 Å². The molecule has 1 fully saturated rings. The molecule has 2 rings (SSSR count). The van der Waals surface area contributed by atoms with Crippen LogP contribution in [0.3, 0.4) is 0 Å². The van der Waals surface area contributed by atoms with Gasteiger partial charge in [0.25, 0.3) is 5.56 Å². The highest BCUT2D eigenvalue weighted by atomic mass is 31.2. The summed E-state index contributed by atoms with van der Waals surface area (Å²) in [5.41, 5.74) is -2.99. The molecule has 0 aromatic carbocycles. The molecule has 0 amide bonds. The molecule has 16 heteroatoms. The van der Waals surface area contributed by atoms with Crippen LogP contribution in [0.1, 0.15) is 68.5 Å². The van der Waals surface area contributed by atoms with Crippen LogP contribution < -0.4 is 11.2 Å². The first-order chi connectivity index (χ1) is 20.4. The zero-order chi connectivity index (χ0) is 34.6. The normalized spacial score (nSPS) is 21.7. The number of H-pyrrole nitrogens is 1. The largest absolute Gasteiger partial charge is 0.438 e. The standard InChI is InChI=1S/C29H49N2O12PSi/c1-27(2,3)24(33)38-17-40-44(36,41-18-39-25(34)28(4,5)6)16-14-19-21(43-45(11,12)29(7,8)9)22(37-10)23(42-19)31-15-13-20(32)30-26(31)35/h13-16,19,21-23H,17-18H2,1-12H3,(H,30,32,35)/b16-14+/t19-,21+,22?,23-/m1/s1. The lowest BCUT2D eigenvalue weighted by Crippen LogP contribution is -2.49. The van der Waals surface area contributed by atoms with Crippen LogP contribution in [0.15, 0.2) is 33.7 Å². The van der Waals surface area contributed by atoms with E-state index in [4.69, 9.17) is 32.4 Å². The van der Waals surface area contributed by atoms with Gasteiger partial charge in [-0.2, -0.15) is 0 Å². The first-order valence-corrected chi connectivity index (χ1v) is 19.0. The number of nitrogens with one attached hydrogen (secondary N) is 1. The number of aromatic nitrogens is 2. The molecule has 1 saturated heterocycles. The van der Waals surface area contributed by atoms with E-state index in [9.17, 15) is 23.7 Å². The number of methoxy groups -OCH3 is 1. The number of esters is 2. The van der Waals surface area contributed by atoms with Crippen molar-refractivity contribution in [3.8, 4) is 0 Å². The van der Waals surface area contributed by atoms with Crippen molar-refractivity contribution in [1.82, 2.24) is 9.55 Å². The Morgan fingerprint density at radius 3 is 1.89 bits per heavy atom. The van der Waals surface area contributed by atoms with Gasteiger partial charge in [-0.05, 0) is 65.8 Å². The molecule has 1 aliphatic heterocycles. The Kier molecular flexibility index (Phi) is 12.6. The fourth-order valence-corrected chi connectivity index (χ4v) is 5.96. The fourth-order valence-electron chi connectivity index (χ4n) is 3.63. The maximum Gasteiger partial charge on any atom is 0.359 e. The Labute approximate surface area is 265 Å². The Hall–Kier alpha value is -2.39. The van der Waals surface area contributed by atoms with Crippen molar-refractivity contribution in [2.45, 2.75) is 105 Å². The molecule has 0 radical (unpaired) electrons. The number of carbonyl (C=O) groups is 2. The van der Waals surface area contributed by atoms with E-state index in [0.29, 0.717) is 0 Å². The van der Waals surface area contributed by atoms with E-state index in [1.54, 1.807) is 41.5 Å². The number of nitrogens with zero attached hydrogens (tertiary/aromatic N) is 1. The van der Waals surface area contributed by atoms with Crippen molar-refractivity contribution in [3.05, 3.63) is 45.0 Å². The summed E-state index contributed by atoms with van der Waals surface area (Å²) in [6, 6.07) is 1.18. The molecule has 1 aromatic heterocycles. The molecule has 1 unspecified atom stereocenters. The van der Waals surface area contributed by atoms with E-state index in [2.05, 4.69) is 25.8 Å². The van der Waals surface area contributed by atoms with Gasteiger partial charge in [-0.15, -0.1) is 0 Å². The molecule has 256 valence electrons. The Morgan fingerprint density at radius 1 is 0.956 bits per heavy atom. The zero-order valence-corrected chi connectivity index (χ0v) is 30.2. The topological polar surface area (TPSA) is 171 Å². The van der Waals surface area contributed by atoms with E-state index >= 15 is 0 Å². The molecule has 2 heterocycles. The molecule has 45 heavy (non-hydrogen) atoms. The number of hydrogen-bond donors (Lipinski definition) is 1. The third-order valence-corrected chi connectivity index (χ3v) is 13.3. The summed E-state index contributed by atoms with van der Waals surface area (Å²) in [5.74, 6) is -0.104. The van der Waals surface area contributed by atoms with Gasteiger partial charge in [0, 0.05) is 25.2 Å². The van der Waals surface area contributed by atoms with Gasteiger partial charge in [0.1, 0.15) is 18.3 Å². The lowest BCUT2D eigenvalue weighted by molar-refractivity contribution is -0.161. The van der Waals surface area contributed by atoms with Crippen molar-refractivity contribution in [2.24, 2.45) is 10.8 Å². The first-order valence-electron chi connectivity index (χ1n) is 14.5. The van der Waals surface area contributed by atoms with Crippen LogP contribution in [0.5, 0.6) is 0 Å². The molecule has 1 N–H and O–H groups in total. The summed E-state index contributed by atoms with van der Waals surface area (Å²) in [5, 5.41) is -0.220. The Balaban J connectivity index is 2.48. The second kappa shape index (κ2) is 14.6. The molecule has 0 bridgehead atoms. The molecular formula is C29H49N2O12PSi. The molecule has 1 aliphatic rings. The van der Waals surface area contributed by atoms with Gasteiger partial charge >= 0.3 is 25.2 Å². The zero-order valence-electron chi connectivity index (χ0n) is 28.3. The molecule has 0 saturated carbocycles. The minimum atomic E-state index is -4.25. The average molecular weight is 677 g/mol. The summed E-state index contributed by atoms with van der Waals surface area (Å²) in [7, 11) is -5.30. The predicted octanol–water partition coefficient (Wildman–Crippen LogP) is 4.67. The van der Waals surface area contributed by atoms with Gasteiger partial charge in [-0.1, -0.05) is 20.8 Å². The second-order valence-electron chi connectivity index (χ2n) is 14.3. The third kappa shape index (κ3) is 10.6. The fraction of sp³-hybridized carbons (Fsp3) is 0.724. The molecule has 1 aromatic rings. The predicted molar refractivity (Wildman–Crippen MR) is 168 cm³/mol. The first kappa shape index (κ1) is 38.8. The van der Waals surface area contributed by atoms with E-state index in [-0.39, 0.29) is 5.04 Å². The van der Waals surface area contributed by atoms with Crippen LogP contribution in [-0.4, -0.2) is 68.8 Å². The molecular weight excluding hydrogens is 627 g/mol. The van der Waals surface area contributed by atoms with Crippen LogP contribution in [0, 0.1) is 10.8 Å². The van der Waals surface area contributed by atoms with Crippen molar-refractivity contribution in [2.75, 3.05) is 20.7 Å². The second-order valence-corrected chi connectivity index (χ2v) is 20.9. The van der Waals surface area contributed by atoms with E-state index < -0.39 is 88.1 Å². The number of hydrogen-bond acceptors (Lipinski definition) is 12. The summed E-state index contributed by atoms with van der Waals surface area (Å²) < 4.78 is 54.8.